The zero-order valence-corrected chi connectivity index (χ0v) is 17.0. The second-order valence-electron chi connectivity index (χ2n) is 6.78. The van der Waals surface area contributed by atoms with Gasteiger partial charge in [0.15, 0.2) is 6.10 Å². The van der Waals surface area contributed by atoms with E-state index in [1.807, 2.05) is 36.4 Å². The van der Waals surface area contributed by atoms with Crippen molar-refractivity contribution >= 4 is 49.9 Å². The molecule has 4 rings (SSSR count). The predicted octanol–water partition coefficient (Wildman–Crippen LogP) is 3.57. The number of hydrogen-bond donors (Lipinski definition) is 1. The predicted molar refractivity (Wildman–Crippen MR) is 117 cm³/mol. The number of esters is 1. The summed E-state index contributed by atoms with van der Waals surface area (Å²) in [5, 5.41) is 7.04. The molecule has 8 heteroatoms. The van der Waals surface area contributed by atoms with Crippen molar-refractivity contribution < 1.29 is 14.3 Å². The summed E-state index contributed by atoms with van der Waals surface area (Å²) in [6, 6.07) is 15.0. The first kappa shape index (κ1) is 19.8. The van der Waals surface area contributed by atoms with E-state index in [-0.39, 0.29) is 18.5 Å². The summed E-state index contributed by atoms with van der Waals surface area (Å²) in [6.45, 7) is 1.65. The lowest BCUT2D eigenvalue weighted by atomic mass is 10.1. The molecule has 30 heavy (non-hydrogen) atoms. The fourth-order valence-electron chi connectivity index (χ4n) is 3.14. The van der Waals surface area contributed by atoms with Gasteiger partial charge >= 0.3 is 5.97 Å². The number of aromatic nitrogens is 2. The normalized spacial score (nSPS) is 12.0. The number of anilines is 1. The SMILES string of the molecule is CC(OC(=O)CCn1cnc2sccc2c1=O)C(=O)Nc1cccc2ccccc12. The fraction of sp³-hybridized carbons (Fsp3) is 0.182. The van der Waals surface area contributed by atoms with Crippen LogP contribution in [0, 0.1) is 0 Å². The van der Waals surface area contributed by atoms with Crippen LogP contribution in [0.4, 0.5) is 5.69 Å². The van der Waals surface area contributed by atoms with E-state index >= 15 is 0 Å². The second-order valence-corrected chi connectivity index (χ2v) is 7.68. The molecule has 0 saturated heterocycles. The minimum absolute atomic E-state index is 0.0386. The number of rotatable bonds is 6. The highest BCUT2D eigenvalue weighted by molar-refractivity contribution is 7.16. The molecule has 0 aliphatic carbocycles. The van der Waals surface area contributed by atoms with Crippen LogP contribution >= 0.6 is 11.3 Å². The molecule has 0 aliphatic heterocycles. The minimum atomic E-state index is -0.967. The van der Waals surface area contributed by atoms with E-state index in [1.54, 1.807) is 17.5 Å². The molecule has 152 valence electrons. The average Bonchev–Trinajstić information content (AvgIpc) is 3.23. The van der Waals surface area contributed by atoms with Crippen molar-refractivity contribution in [3.05, 3.63) is 70.6 Å². The van der Waals surface area contributed by atoms with Crippen LogP contribution in [-0.4, -0.2) is 27.5 Å². The Morgan fingerprint density at radius 2 is 1.93 bits per heavy atom. The molecule has 0 radical (unpaired) electrons. The molecule has 2 heterocycles. The molecule has 2 aromatic heterocycles. The summed E-state index contributed by atoms with van der Waals surface area (Å²) in [7, 11) is 0. The van der Waals surface area contributed by atoms with Gasteiger partial charge in [-0.15, -0.1) is 11.3 Å². The zero-order valence-electron chi connectivity index (χ0n) is 16.2. The van der Waals surface area contributed by atoms with Crippen LogP contribution < -0.4 is 10.9 Å². The number of thiophene rings is 1. The molecule has 0 saturated carbocycles. The van der Waals surface area contributed by atoms with Gasteiger partial charge in [-0.1, -0.05) is 36.4 Å². The van der Waals surface area contributed by atoms with E-state index < -0.39 is 18.0 Å². The summed E-state index contributed by atoms with van der Waals surface area (Å²) in [4.78, 5) is 41.9. The topological polar surface area (TPSA) is 90.3 Å². The number of nitrogens with zero attached hydrogens (tertiary/aromatic N) is 2. The number of benzene rings is 2. The Kier molecular flexibility index (Phi) is 5.58. The molecule has 0 fully saturated rings. The minimum Gasteiger partial charge on any atom is -0.452 e. The molecule has 1 atom stereocenters. The van der Waals surface area contributed by atoms with Gasteiger partial charge in [0.1, 0.15) is 4.83 Å². The van der Waals surface area contributed by atoms with Gasteiger partial charge in [-0.2, -0.15) is 0 Å². The highest BCUT2D eigenvalue weighted by atomic mass is 32.1. The number of aryl methyl sites for hydroxylation is 1. The number of carbonyl (C=O) groups excluding carboxylic acids is 2. The molecule has 4 aromatic rings. The summed E-state index contributed by atoms with van der Waals surface area (Å²) < 4.78 is 6.62. The van der Waals surface area contributed by atoms with Crippen LogP contribution in [-0.2, 0) is 20.9 Å². The van der Waals surface area contributed by atoms with E-state index in [0.29, 0.717) is 15.9 Å². The van der Waals surface area contributed by atoms with Crippen molar-refractivity contribution in [3.8, 4) is 0 Å². The van der Waals surface area contributed by atoms with Crippen LogP contribution in [0.15, 0.2) is 65.0 Å². The first-order valence-electron chi connectivity index (χ1n) is 9.43. The third-order valence-corrected chi connectivity index (χ3v) is 5.55. The van der Waals surface area contributed by atoms with Gasteiger partial charge in [0.2, 0.25) is 0 Å². The molecule has 1 unspecified atom stereocenters. The fourth-order valence-corrected chi connectivity index (χ4v) is 3.87. The maximum absolute atomic E-state index is 12.5. The molecule has 2 aromatic carbocycles. The van der Waals surface area contributed by atoms with Crippen LogP contribution in [0.1, 0.15) is 13.3 Å². The number of nitrogens with one attached hydrogen (secondary N) is 1. The maximum atomic E-state index is 12.5. The van der Waals surface area contributed by atoms with Crippen LogP contribution in [0.3, 0.4) is 0 Å². The second kappa shape index (κ2) is 8.46. The molecule has 0 aliphatic rings. The van der Waals surface area contributed by atoms with E-state index in [9.17, 15) is 14.4 Å². The molecular formula is C22H19N3O4S. The third-order valence-electron chi connectivity index (χ3n) is 4.73. The van der Waals surface area contributed by atoms with Crippen LogP contribution in [0.2, 0.25) is 0 Å². The summed E-state index contributed by atoms with van der Waals surface area (Å²) in [5.41, 5.74) is 0.457. The van der Waals surface area contributed by atoms with Gasteiger partial charge in [-0.3, -0.25) is 19.0 Å². The highest BCUT2D eigenvalue weighted by Gasteiger charge is 2.19. The molecule has 0 spiro atoms. The van der Waals surface area contributed by atoms with Crippen molar-refractivity contribution in [2.24, 2.45) is 0 Å². The van der Waals surface area contributed by atoms with Gasteiger partial charge in [0.25, 0.3) is 11.5 Å². The standard InChI is InChI=1S/C22H19N3O4S/c1-14(20(27)24-18-8-4-6-15-5-2-3-7-16(15)18)29-19(26)9-11-25-13-23-21-17(22(25)28)10-12-30-21/h2-8,10,12-14H,9,11H2,1H3,(H,24,27). The van der Waals surface area contributed by atoms with Crippen LogP contribution in [0.5, 0.6) is 0 Å². The molecule has 1 N–H and O–H groups in total. The average molecular weight is 421 g/mol. The Bertz CT molecular complexity index is 1290. The number of hydrogen-bond acceptors (Lipinski definition) is 6. The van der Waals surface area contributed by atoms with Crippen molar-refractivity contribution in [1.82, 2.24) is 9.55 Å². The summed E-state index contributed by atoms with van der Waals surface area (Å²) >= 11 is 1.39. The number of amides is 1. The largest absolute Gasteiger partial charge is 0.452 e. The van der Waals surface area contributed by atoms with Crippen molar-refractivity contribution in [2.45, 2.75) is 26.0 Å². The van der Waals surface area contributed by atoms with Gasteiger partial charge < -0.3 is 10.1 Å². The van der Waals surface area contributed by atoms with Gasteiger partial charge in [-0.05, 0) is 29.8 Å². The monoisotopic (exact) mass is 421 g/mol. The van der Waals surface area contributed by atoms with Gasteiger partial charge in [-0.25, -0.2) is 4.98 Å². The lowest BCUT2D eigenvalue weighted by molar-refractivity contribution is -0.153. The maximum Gasteiger partial charge on any atom is 0.308 e. The van der Waals surface area contributed by atoms with Crippen molar-refractivity contribution in [2.75, 3.05) is 5.32 Å². The number of ether oxygens (including phenoxy) is 1. The third kappa shape index (κ3) is 4.08. The molecular weight excluding hydrogens is 402 g/mol. The van der Waals surface area contributed by atoms with E-state index in [4.69, 9.17) is 4.74 Å². The van der Waals surface area contributed by atoms with Crippen molar-refractivity contribution in [1.29, 1.82) is 0 Å². The Hall–Kier alpha value is -3.52. The Balaban J connectivity index is 1.36. The molecule has 7 nitrogen and oxygen atoms in total. The highest BCUT2D eigenvalue weighted by Crippen LogP contribution is 2.23. The summed E-state index contributed by atoms with van der Waals surface area (Å²) in [6.07, 6.45) is 0.416. The lowest BCUT2D eigenvalue weighted by Gasteiger charge is -2.15. The van der Waals surface area contributed by atoms with Crippen LogP contribution in [0.25, 0.3) is 21.0 Å². The van der Waals surface area contributed by atoms with Crippen molar-refractivity contribution in [3.63, 3.8) is 0 Å². The Morgan fingerprint density at radius 3 is 2.80 bits per heavy atom. The Morgan fingerprint density at radius 1 is 1.13 bits per heavy atom. The summed E-state index contributed by atoms with van der Waals surface area (Å²) in [5.74, 6) is -0.980. The first-order chi connectivity index (χ1) is 14.5. The molecule has 1 amide bonds. The van der Waals surface area contributed by atoms with E-state index in [2.05, 4.69) is 10.3 Å². The zero-order chi connectivity index (χ0) is 21.1. The lowest BCUT2D eigenvalue weighted by Crippen LogP contribution is -2.30. The molecule has 0 bridgehead atoms. The van der Waals surface area contributed by atoms with Gasteiger partial charge in [0, 0.05) is 17.6 Å². The number of fused-ring (bicyclic) bond motifs is 2. The van der Waals surface area contributed by atoms with E-state index in [1.165, 1.54) is 29.2 Å². The quantitative estimate of drug-likeness (QED) is 0.481. The first-order valence-corrected chi connectivity index (χ1v) is 10.3. The van der Waals surface area contributed by atoms with Gasteiger partial charge in [0.05, 0.1) is 18.1 Å². The Labute approximate surface area is 175 Å². The number of carbonyl (C=O) groups is 2. The van der Waals surface area contributed by atoms with E-state index in [0.717, 1.165) is 10.8 Å². The smallest absolute Gasteiger partial charge is 0.308 e.